The average molecular weight is 436 g/mol. The molecule has 0 saturated heterocycles. The van der Waals surface area contributed by atoms with Crippen molar-refractivity contribution in [3.63, 3.8) is 0 Å². The molecule has 0 aliphatic carbocycles. The van der Waals surface area contributed by atoms with E-state index in [1.54, 1.807) is 6.07 Å². The van der Waals surface area contributed by atoms with Crippen LogP contribution in [-0.4, -0.2) is 20.8 Å². The van der Waals surface area contributed by atoms with Crippen LogP contribution in [0.2, 0.25) is 0 Å². The molecule has 0 unspecified atom stereocenters. The fourth-order valence-corrected chi connectivity index (χ4v) is 2.98. The standard InChI is InChI=1S/C20H19F3N4O4/c1-3-4-5-8-26-18(28)14(10-24)12(2)15(19(26)29)11-25-13-6-7-17(27(30)31)16(9-13)20(21,22)23/h6-7,9,11,29H,3-5,8H2,1-2H3. The Bertz CT molecular complexity index is 1130. The summed E-state index contributed by atoms with van der Waals surface area (Å²) < 4.78 is 40.5. The summed E-state index contributed by atoms with van der Waals surface area (Å²) in [7, 11) is 0. The largest absolute Gasteiger partial charge is 0.494 e. The van der Waals surface area contributed by atoms with Crippen LogP contribution in [0.3, 0.4) is 0 Å². The maximum atomic E-state index is 13.2. The Morgan fingerprint density at radius 3 is 2.58 bits per heavy atom. The molecule has 11 heteroatoms. The van der Waals surface area contributed by atoms with Gasteiger partial charge in [0.05, 0.1) is 16.2 Å². The highest BCUT2D eigenvalue weighted by Gasteiger charge is 2.38. The molecule has 0 aliphatic heterocycles. The highest BCUT2D eigenvalue weighted by molar-refractivity contribution is 5.87. The fourth-order valence-electron chi connectivity index (χ4n) is 2.98. The molecule has 1 aromatic carbocycles. The number of alkyl halides is 3. The topological polar surface area (TPSA) is 122 Å². The van der Waals surface area contributed by atoms with Gasteiger partial charge in [0, 0.05) is 18.8 Å². The number of pyridine rings is 1. The van der Waals surface area contributed by atoms with Gasteiger partial charge in [-0.1, -0.05) is 19.8 Å². The number of benzene rings is 1. The number of halogens is 3. The number of nitriles is 1. The van der Waals surface area contributed by atoms with Gasteiger partial charge in [0.2, 0.25) is 5.88 Å². The first-order valence-corrected chi connectivity index (χ1v) is 9.29. The number of rotatable bonds is 7. The first-order chi connectivity index (χ1) is 14.5. The fraction of sp³-hybridized carbons (Fsp3) is 0.350. The molecule has 1 N–H and O–H groups in total. The molecule has 0 atom stereocenters. The Morgan fingerprint density at radius 2 is 2.03 bits per heavy atom. The zero-order valence-electron chi connectivity index (χ0n) is 16.7. The molecule has 2 rings (SSSR count). The number of nitro benzene ring substituents is 1. The maximum absolute atomic E-state index is 13.2. The molecule has 0 radical (unpaired) electrons. The van der Waals surface area contributed by atoms with Crippen molar-refractivity contribution in [2.24, 2.45) is 4.99 Å². The molecule has 1 aromatic heterocycles. The van der Waals surface area contributed by atoms with Crippen LogP contribution in [0.1, 0.15) is 48.4 Å². The van der Waals surface area contributed by atoms with Crippen LogP contribution in [0.25, 0.3) is 0 Å². The predicted molar refractivity (Wildman–Crippen MR) is 107 cm³/mol. The van der Waals surface area contributed by atoms with Crippen molar-refractivity contribution in [3.05, 3.63) is 60.9 Å². The summed E-state index contributed by atoms with van der Waals surface area (Å²) in [5, 5.41) is 30.7. The van der Waals surface area contributed by atoms with Crippen molar-refractivity contribution in [3.8, 4) is 11.9 Å². The Morgan fingerprint density at radius 1 is 1.35 bits per heavy atom. The van der Waals surface area contributed by atoms with E-state index < -0.39 is 33.8 Å². The lowest BCUT2D eigenvalue weighted by Crippen LogP contribution is -2.25. The third-order valence-electron chi connectivity index (χ3n) is 4.66. The zero-order chi connectivity index (χ0) is 23.3. The van der Waals surface area contributed by atoms with Crippen molar-refractivity contribution < 1.29 is 23.2 Å². The summed E-state index contributed by atoms with van der Waals surface area (Å²) >= 11 is 0. The van der Waals surface area contributed by atoms with E-state index in [2.05, 4.69) is 4.99 Å². The second-order valence-electron chi connectivity index (χ2n) is 6.73. The molecule has 0 amide bonds. The molecule has 2 aromatic rings. The van der Waals surface area contributed by atoms with Gasteiger partial charge in [0.15, 0.2) is 0 Å². The molecule has 0 spiro atoms. The molecule has 8 nitrogen and oxygen atoms in total. The minimum atomic E-state index is -4.97. The second kappa shape index (κ2) is 9.42. The average Bonchev–Trinajstić information content (AvgIpc) is 2.70. The number of aromatic nitrogens is 1. The van der Waals surface area contributed by atoms with Crippen LogP contribution in [0.5, 0.6) is 5.88 Å². The van der Waals surface area contributed by atoms with E-state index >= 15 is 0 Å². The van der Waals surface area contributed by atoms with E-state index in [4.69, 9.17) is 0 Å². The zero-order valence-corrected chi connectivity index (χ0v) is 16.7. The van der Waals surface area contributed by atoms with Crippen LogP contribution in [0.4, 0.5) is 24.5 Å². The molecule has 164 valence electrons. The lowest BCUT2D eigenvalue weighted by molar-refractivity contribution is -0.388. The van der Waals surface area contributed by atoms with Gasteiger partial charge in [-0.3, -0.25) is 24.5 Å². The van der Waals surface area contributed by atoms with Gasteiger partial charge in [0.25, 0.3) is 11.2 Å². The van der Waals surface area contributed by atoms with E-state index in [9.17, 15) is 38.4 Å². The Balaban J connectivity index is 2.58. The Hall–Kier alpha value is -3.68. The van der Waals surface area contributed by atoms with Crippen LogP contribution in [0.15, 0.2) is 28.0 Å². The number of hydrogen-bond donors (Lipinski definition) is 1. The van der Waals surface area contributed by atoms with Crippen molar-refractivity contribution in [2.45, 2.75) is 45.8 Å². The van der Waals surface area contributed by atoms with Crippen LogP contribution < -0.4 is 5.56 Å². The molecule has 0 fully saturated rings. The van der Waals surface area contributed by atoms with Gasteiger partial charge >= 0.3 is 6.18 Å². The number of nitro groups is 1. The van der Waals surface area contributed by atoms with Crippen molar-refractivity contribution in [1.29, 1.82) is 5.26 Å². The SMILES string of the molecule is CCCCCn1c(O)c(C=Nc2ccc([N+](=O)[O-])c(C(F)(F)F)c2)c(C)c(C#N)c1=O. The van der Waals surface area contributed by atoms with Gasteiger partial charge in [-0.15, -0.1) is 0 Å². The first-order valence-electron chi connectivity index (χ1n) is 9.29. The third kappa shape index (κ3) is 5.09. The van der Waals surface area contributed by atoms with E-state index in [0.717, 1.165) is 29.7 Å². The smallest absolute Gasteiger partial charge is 0.423 e. The van der Waals surface area contributed by atoms with E-state index in [1.165, 1.54) is 6.92 Å². The van der Waals surface area contributed by atoms with E-state index in [1.807, 2.05) is 6.92 Å². The molecule has 1 heterocycles. The molecule has 0 saturated carbocycles. The Labute approximate surface area is 175 Å². The van der Waals surface area contributed by atoms with Gasteiger partial charge in [-0.05, 0) is 31.0 Å². The maximum Gasteiger partial charge on any atom is 0.423 e. The van der Waals surface area contributed by atoms with Crippen LogP contribution in [0, 0.1) is 28.4 Å². The normalized spacial score (nSPS) is 11.6. The summed E-state index contributed by atoms with van der Waals surface area (Å²) in [5.41, 5.74) is -3.58. The lowest BCUT2D eigenvalue weighted by atomic mass is 10.1. The molecular formula is C20H19F3N4O4. The van der Waals surface area contributed by atoms with E-state index in [-0.39, 0.29) is 28.9 Å². The molecule has 0 aliphatic rings. The minimum Gasteiger partial charge on any atom is -0.494 e. The van der Waals surface area contributed by atoms with Crippen LogP contribution in [-0.2, 0) is 12.7 Å². The van der Waals surface area contributed by atoms with Gasteiger partial charge in [-0.2, -0.15) is 18.4 Å². The minimum absolute atomic E-state index is 0.000407. The van der Waals surface area contributed by atoms with Crippen LogP contribution >= 0.6 is 0 Å². The summed E-state index contributed by atoms with van der Waals surface area (Å²) in [6.45, 7) is 3.52. The number of unbranched alkanes of at least 4 members (excludes halogenated alkanes) is 2. The summed E-state index contributed by atoms with van der Waals surface area (Å²) in [4.78, 5) is 26.1. The Kier molecular flexibility index (Phi) is 7.17. The van der Waals surface area contributed by atoms with Gasteiger partial charge in [-0.25, -0.2) is 0 Å². The highest BCUT2D eigenvalue weighted by atomic mass is 19.4. The second-order valence-corrected chi connectivity index (χ2v) is 6.73. The summed E-state index contributed by atoms with van der Waals surface area (Å²) in [6, 6.07) is 4.01. The van der Waals surface area contributed by atoms with Crippen molar-refractivity contribution in [2.75, 3.05) is 0 Å². The lowest BCUT2D eigenvalue weighted by Gasteiger charge is -2.14. The summed E-state index contributed by atoms with van der Waals surface area (Å²) in [5.74, 6) is -0.459. The first kappa shape index (κ1) is 23.6. The number of aromatic hydroxyl groups is 1. The summed E-state index contributed by atoms with van der Waals surface area (Å²) in [6.07, 6.45) is -1.71. The highest BCUT2D eigenvalue weighted by Crippen LogP contribution is 2.38. The number of aliphatic imine (C=N–C) groups is 1. The quantitative estimate of drug-likeness (QED) is 0.294. The van der Waals surface area contributed by atoms with Crippen molar-refractivity contribution >= 4 is 17.6 Å². The number of nitrogens with zero attached hydrogens (tertiary/aromatic N) is 4. The number of hydrogen-bond acceptors (Lipinski definition) is 6. The predicted octanol–water partition coefficient (Wildman–Crippen LogP) is 4.60. The van der Waals surface area contributed by atoms with E-state index in [0.29, 0.717) is 18.6 Å². The third-order valence-corrected chi connectivity index (χ3v) is 4.66. The van der Waals surface area contributed by atoms with Gasteiger partial charge in [0.1, 0.15) is 17.2 Å². The molecule has 0 bridgehead atoms. The monoisotopic (exact) mass is 436 g/mol. The van der Waals surface area contributed by atoms with Crippen molar-refractivity contribution in [1.82, 2.24) is 4.57 Å². The molecular weight excluding hydrogens is 417 g/mol. The van der Waals surface area contributed by atoms with Gasteiger partial charge < -0.3 is 5.11 Å². The molecule has 31 heavy (non-hydrogen) atoms.